The highest BCUT2D eigenvalue weighted by Gasteiger charge is 2.25. The summed E-state index contributed by atoms with van der Waals surface area (Å²) in [5.41, 5.74) is 1.44. The number of hydrogen-bond donors (Lipinski definition) is 1. The molecule has 1 unspecified atom stereocenters. The number of amides is 1. The Hall–Kier alpha value is -3.62. The molecule has 1 amide bonds. The summed E-state index contributed by atoms with van der Waals surface area (Å²) in [6.07, 6.45) is 4.26. The lowest BCUT2D eigenvalue weighted by Crippen LogP contribution is -2.27. The summed E-state index contributed by atoms with van der Waals surface area (Å²) in [7, 11) is 1.99. The third kappa shape index (κ3) is 5.24. The van der Waals surface area contributed by atoms with Gasteiger partial charge in [-0.05, 0) is 44.5 Å². The Morgan fingerprint density at radius 2 is 2.12 bits per heavy atom. The van der Waals surface area contributed by atoms with E-state index in [1.54, 1.807) is 13.1 Å². The summed E-state index contributed by atoms with van der Waals surface area (Å²) in [5.74, 6) is 2.77. The minimum absolute atomic E-state index is 0.0897. The van der Waals surface area contributed by atoms with Crippen molar-refractivity contribution in [3.8, 4) is 5.75 Å². The van der Waals surface area contributed by atoms with Crippen molar-refractivity contribution in [2.75, 3.05) is 36.5 Å². The van der Waals surface area contributed by atoms with Crippen molar-refractivity contribution in [3.05, 3.63) is 59.6 Å². The van der Waals surface area contributed by atoms with Gasteiger partial charge in [0, 0.05) is 32.8 Å². The fraction of sp³-hybridized carbons (Fsp3) is 0.417. The smallest absolute Gasteiger partial charge is 0.256 e. The van der Waals surface area contributed by atoms with Gasteiger partial charge in [-0.15, -0.1) is 0 Å². The maximum absolute atomic E-state index is 12.4. The molecule has 1 fully saturated rings. The zero-order valence-electron chi connectivity index (χ0n) is 19.5. The number of anilines is 2. The van der Waals surface area contributed by atoms with Crippen LogP contribution in [0.3, 0.4) is 0 Å². The third-order valence-corrected chi connectivity index (χ3v) is 5.94. The van der Waals surface area contributed by atoms with Gasteiger partial charge in [0.1, 0.15) is 29.0 Å². The first-order valence-corrected chi connectivity index (χ1v) is 11.2. The standard InChI is InChI=1S/C24H30N6O3/c1-5-29(4)24-25-12-10-22(28-24)30-13-11-20(15-30)32-19-8-6-18(7-9-19)16(2)27-23(31)21-14-26-33-17(21)3/h6-10,12,14,16,20H,5,11,13,15H2,1-4H3,(H,27,31)/t16-,20?/m0/s1. The van der Waals surface area contributed by atoms with Gasteiger partial charge in [-0.2, -0.15) is 4.98 Å². The molecular weight excluding hydrogens is 420 g/mol. The van der Waals surface area contributed by atoms with Gasteiger partial charge >= 0.3 is 0 Å². The van der Waals surface area contributed by atoms with Crippen LogP contribution in [0.1, 0.15) is 48.0 Å². The molecule has 1 aromatic carbocycles. The first kappa shape index (κ1) is 22.6. The maximum Gasteiger partial charge on any atom is 0.256 e. The predicted molar refractivity (Wildman–Crippen MR) is 126 cm³/mol. The van der Waals surface area contributed by atoms with E-state index in [1.165, 1.54) is 6.20 Å². The normalized spacial score (nSPS) is 16.5. The second-order valence-corrected chi connectivity index (χ2v) is 8.26. The van der Waals surface area contributed by atoms with Crippen LogP contribution >= 0.6 is 0 Å². The van der Waals surface area contributed by atoms with Crippen LogP contribution in [-0.4, -0.2) is 53.8 Å². The molecule has 2 atom stereocenters. The van der Waals surface area contributed by atoms with Crippen LogP contribution in [0, 0.1) is 6.92 Å². The zero-order valence-corrected chi connectivity index (χ0v) is 19.5. The molecule has 1 aliphatic heterocycles. The second kappa shape index (κ2) is 9.89. The predicted octanol–water partition coefficient (Wildman–Crippen LogP) is 3.38. The topological polar surface area (TPSA) is 96.6 Å². The Morgan fingerprint density at radius 3 is 2.82 bits per heavy atom. The van der Waals surface area contributed by atoms with Crippen LogP contribution in [0.15, 0.2) is 47.2 Å². The summed E-state index contributed by atoms with van der Waals surface area (Å²) in [6, 6.07) is 9.64. The van der Waals surface area contributed by atoms with Gasteiger partial charge in [-0.1, -0.05) is 17.3 Å². The van der Waals surface area contributed by atoms with Crippen molar-refractivity contribution in [1.82, 2.24) is 20.4 Å². The Morgan fingerprint density at radius 1 is 1.33 bits per heavy atom. The van der Waals surface area contributed by atoms with Gasteiger partial charge in [-0.3, -0.25) is 4.79 Å². The molecule has 0 saturated carbocycles. The molecule has 3 heterocycles. The summed E-state index contributed by atoms with van der Waals surface area (Å²) in [5, 5.41) is 6.63. The Labute approximate surface area is 193 Å². The van der Waals surface area contributed by atoms with Crippen molar-refractivity contribution >= 4 is 17.7 Å². The Balaban J connectivity index is 1.32. The van der Waals surface area contributed by atoms with E-state index in [0.717, 1.165) is 49.1 Å². The maximum atomic E-state index is 12.4. The average molecular weight is 451 g/mol. The van der Waals surface area contributed by atoms with E-state index in [-0.39, 0.29) is 18.1 Å². The third-order valence-electron chi connectivity index (χ3n) is 5.94. The molecular formula is C24H30N6O3. The molecule has 0 radical (unpaired) electrons. The number of benzene rings is 1. The van der Waals surface area contributed by atoms with E-state index < -0.39 is 0 Å². The van der Waals surface area contributed by atoms with Gasteiger partial charge in [0.25, 0.3) is 5.91 Å². The van der Waals surface area contributed by atoms with Gasteiger partial charge in [0.2, 0.25) is 5.95 Å². The zero-order chi connectivity index (χ0) is 23.4. The molecule has 3 aromatic rings. The van der Waals surface area contributed by atoms with Gasteiger partial charge in [0.05, 0.1) is 18.8 Å². The van der Waals surface area contributed by atoms with Crippen LogP contribution in [0.25, 0.3) is 0 Å². The van der Waals surface area contributed by atoms with Crippen molar-refractivity contribution in [2.45, 2.75) is 39.3 Å². The fourth-order valence-electron chi connectivity index (χ4n) is 3.78. The van der Waals surface area contributed by atoms with Crippen molar-refractivity contribution in [2.24, 2.45) is 0 Å². The minimum atomic E-state index is -0.203. The summed E-state index contributed by atoms with van der Waals surface area (Å²) < 4.78 is 11.2. The van der Waals surface area contributed by atoms with Crippen molar-refractivity contribution in [3.63, 3.8) is 0 Å². The lowest BCUT2D eigenvalue weighted by molar-refractivity contribution is 0.0938. The Bertz CT molecular complexity index is 1080. The summed E-state index contributed by atoms with van der Waals surface area (Å²) >= 11 is 0. The molecule has 0 bridgehead atoms. The molecule has 9 nitrogen and oxygen atoms in total. The number of aromatic nitrogens is 3. The summed E-state index contributed by atoms with van der Waals surface area (Å²) in [6.45, 7) is 8.26. The van der Waals surface area contributed by atoms with E-state index in [9.17, 15) is 4.79 Å². The van der Waals surface area contributed by atoms with E-state index in [1.807, 2.05) is 49.2 Å². The molecule has 1 aliphatic rings. The van der Waals surface area contributed by atoms with Crippen LogP contribution in [0.4, 0.5) is 11.8 Å². The van der Waals surface area contributed by atoms with Gasteiger partial charge in [0.15, 0.2) is 0 Å². The highest BCUT2D eigenvalue weighted by atomic mass is 16.5. The highest BCUT2D eigenvalue weighted by Crippen LogP contribution is 2.24. The highest BCUT2D eigenvalue weighted by molar-refractivity contribution is 5.94. The number of nitrogens with one attached hydrogen (secondary N) is 1. The van der Waals surface area contributed by atoms with E-state index in [4.69, 9.17) is 9.26 Å². The molecule has 0 aliphatic carbocycles. The molecule has 2 aromatic heterocycles. The number of carbonyl (C=O) groups excluding carboxylic acids is 1. The van der Waals surface area contributed by atoms with Gasteiger partial charge < -0.3 is 24.4 Å². The molecule has 33 heavy (non-hydrogen) atoms. The molecule has 4 rings (SSSR count). The summed E-state index contributed by atoms with van der Waals surface area (Å²) in [4.78, 5) is 25.7. The average Bonchev–Trinajstić information content (AvgIpc) is 3.48. The number of nitrogens with zero attached hydrogens (tertiary/aromatic N) is 5. The molecule has 9 heteroatoms. The SMILES string of the molecule is CCN(C)c1nccc(N2CCC(Oc3ccc([C@H](C)NC(=O)c4cnoc4C)cc3)C2)n1. The Kier molecular flexibility index (Phi) is 6.76. The quantitative estimate of drug-likeness (QED) is 0.558. The lowest BCUT2D eigenvalue weighted by atomic mass is 10.1. The van der Waals surface area contributed by atoms with Crippen molar-refractivity contribution in [1.29, 1.82) is 0 Å². The fourth-order valence-corrected chi connectivity index (χ4v) is 3.78. The number of aryl methyl sites for hydroxylation is 1. The van der Waals surface area contributed by atoms with Crippen molar-refractivity contribution < 1.29 is 14.1 Å². The van der Waals surface area contributed by atoms with Crippen LogP contribution in [0.5, 0.6) is 5.75 Å². The molecule has 174 valence electrons. The van der Waals surface area contributed by atoms with Crippen LogP contribution in [0.2, 0.25) is 0 Å². The molecule has 1 saturated heterocycles. The van der Waals surface area contributed by atoms with Crippen LogP contribution < -0.4 is 19.9 Å². The van der Waals surface area contributed by atoms with E-state index in [2.05, 4.69) is 32.3 Å². The number of rotatable bonds is 8. The minimum Gasteiger partial charge on any atom is -0.489 e. The number of hydrogen-bond acceptors (Lipinski definition) is 8. The van der Waals surface area contributed by atoms with E-state index in [0.29, 0.717) is 11.3 Å². The lowest BCUT2D eigenvalue weighted by Gasteiger charge is -2.20. The second-order valence-electron chi connectivity index (χ2n) is 8.26. The molecule has 1 N–H and O–H groups in total. The number of carbonyl (C=O) groups is 1. The first-order chi connectivity index (χ1) is 15.9. The monoisotopic (exact) mass is 450 g/mol. The molecule has 0 spiro atoms. The largest absolute Gasteiger partial charge is 0.489 e. The van der Waals surface area contributed by atoms with Crippen LogP contribution in [-0.2, 0) is 0 Å². The number of ether oxygens (including phenoxy) is 1. The van der Waals surface area contributed by atoms with Gasteiger partial charge in [-0.25, -0.2) is 4.98 Å². The first-order valence-electron chi connectivity index (χ1n) is 11.2. The van der Waals surface area contributed by atoms with E-state index >= 15 is 0 Å².